The Morgan fingerprint density at radius 2 is 1.87 bits per heavy atom. The van der Waals surface area contributed by atoms with Crippen molar-refractivity contribution < 1.29 is 15.0 Å². The number of aliphatic hydroxyl groups is 1. The third-order valence-electron chi connectivity index (χ3n) is 2.31. The number of carboxylic acids is 1. The molecular weight excluding hydrogens is 194 g/mol. The summed E-state index contributed by atoms with van der Waals surface area (Å²) in [4.78, 5) is 10.5. The van der Waals surface area contributed by atoms with Gasteiger partial charge in [-0.2, -0.15) is 0 Å². The topological polar surface area (TPSA) is 83.5 Å². The molecule has 0 radical (unpaired) electrons. The Bertz CT molecular complexity index is 162. The zero-order valence-corrected chi connectivity index (χ0v) is 10.2. The Morgan fingerprint density at radius 1 is 1.40 bits per heavy atom. The Balaban J connectivity index is 0. The molecule has 0 aliphatic carbocycles. The molecule has 0 saturated heterocycles. The molecule has 1 unspecified atom stereocenters. The van der Waals surface area contributed by atoms with Crippen LogP contribution in [0.25, 0.3) is 0 Å². The van der Waals surface area contributed by atoms with Gasteiger partial charge >= 0.3 is 5.97 Å². The lowest BCUT2D eigenvalue weighted by atomic mass is 9.93. The van der Waals surface area contributed by atoms with Gasteiger partial charge in [0.25, 0.3) is 0 Å². The van der Waals surface area contributed by atoms with Gasteiger partial charge in [-0.05, 0) is 6.42 Å². The molecule has 4 nitrogen and oxygen atoms in total. The number of carboxylic acid groups (broad SMARTS) is 1. The Labute approximate surface area is 92.5 Å². The first-order valence-corrected chi connectivity index (χ1v) is 5.67. The number of carbonyl (C=O) groups is 1. The van der Waals surface area contributed by atoms with Crippen LogP contribution >= 0.6 is 0 Å². The van der Waals surface area contributed by atoms with Gasteiger partial charge in [-0.1, -0.05) is 40.5 Å². The van der Waals surface area contributed by atoms with Crippen molar-refractivity contribution in [2.75, 3.05) is 0 Å². The molecule has 3 atom stereocenters. The van der Waals surface area contributed by atoms with Gasteiger partial charge in [-0.25, -0.2) is 0 Å². The lowest BCUT2D eigenvalue weighted by molar-refractivity contribution is -0.140. The fourth-order valence-corrected chi connectivity index (χ4v) is 1.14. The highest BCUT2D eigenvalue weighted by atomic mass is 16.4. The van der Waals surface area contributed by atoms with E-state index < -0.39 is 18.1 Å². The lowest BCUT2D eigenvalue weighted by Gasteiger charge is -2.21. The van der Waals surface area contributed by atoms with Gasteiger partial charge in [0.05, 0.1) is 6.10 Å². The summed E-state index contributed by atoms with van der Waals surface area (Å²) in [5.74, 6) is -1.44. The van der Waals surface area contributed by atoms with Gasteiger partial charge in [-0.3, -0.25) is 4.79 Å². The molecular formula is C11H25NO3. The van der Waals surface area contributed by atoms with Crippen LogP contribution in [0.4, 0.5) is 0 Å². The fraction of sp³-hybridized carbons (Fsp3) is 0.909. The molecule has 0 aromatic rings. The number of nitrogens with two attached hydrogens (primary N) is 1. The maximum Gasteiger partial charge on any atom is 0.320 e. The zero-order chi connectivity index (χ0) is 12.4. The van der Waals surface area contributed by atoms with E-state index in [9.17, 15) is 9.90 Å². The van der Waals surface area contributed by atoms with Gasteiger partial charge in [0.2, 0.25) is 0 Å². The molecule has 0 spiro atoms. The maximum atomic E-state index is 10.5. The van der Waals surface area contributed by atoms with Gasteiger partial charge in [-0.15, -0.1) is 0 Å². The minimum atomic E-state index is -1.05. The van der Waals surface area contributed by atoms with E-state index in [1.54, 1.807) is 6.92 Å². The number of aliphatic carboxylic acids is 1. The second-order valence-corrected chi connectivity index (χ2v) is 3.43. The molecule has 92 valence electrons. The maximum absolute atomic E-state index is 10.5. The molecule has 0 saturated carbocycles. The molecule has 0 bridgehead atoms. The molecule has 0 aliphatic heterocycles. The van der Waals surface area contributed by atoms with Crippen molar-refractivity contribution in [3.8, 4) is 0 Å². The predicted octanol–water partition coefficient (Wildman–Crippen LogP) is 1.61. The smallest absolute Gasteiger partial charge is 0.320 e. The van der Waals surface area contributed by atoms with Crippen molar-refractivity contribution in [3.63, 3.8) is 0 Å². The summed E-state index contributed by atoms with van der Waals surface area (Å²) in [7, 11) is 0. The number of rotatable bonds is 6. The van der Waals surface area contributed by atoms with E-state index in [2.05, 4.69) is 0 Å². The van der Waals surface area contributed by atoms with E-state index in [1.807, 2.05) is 20.8 Å². The summed E-state index contributed by atoms with van der Waals surface area (Å²) < 4.78 is 0. The molecule has 0 amide bonds. The first-order valence-electron chi connectivity index (χ1n) is 5.67. The van der Waals surface area contributed by atoms with Crippen LogP contribution in [0.1, 0.15) is 47.0 Å². The first kappa shape index (κ1) is 16.8. The van der Waals surface area contributed by atoms with Crippen LogP contribution in [-0.4, -0.2) is 28.3 Å². The Hall–Kier alpha value is -0.610. The van der Waals surface area contributed by atoms with E-state index in [-0.39, 0.29) is 5.92 Å². The van der Waals surface area contributed by atoms with Crippen LogP contribution in [0.2, 0.25) is 0 Å². The molecule has 0 aliphatic rings. The quantitative estimate of drug-likeness (QED) is 0.633. The average molecular weight is 219 g/mol. The summed E-state index contributed by atoms with van der Waals surface area (Å²) in [6.45, 7) is 7.69. The van der Waals surface area contributed by atoms with E-state index in [4.69, 9.17) is 10.8 Å². The largest absolute Gasteiger partial charge is 0.480 e. The molecule has 0 fully saturated rings. The van der Waals surface area contributed by atoms with E-state index >= 15 is 0 Å². The minimum absolute atomic E-state index is 0.385. The summed E-state index contributed by atoms with van der Waals surface area (Å²) in [5, 5.41) is 18.1. The number of aliphatic hydroxyl groups excluding tert-OH is 1. The van der Waals surface area contributed by atoms with Crippen LogP contribution in [0.3, 0.4) is 0 Å². The van der Waals surface area contributed by atoms with Crippen LogP contribution in [0, 0.1) is 5.92 Å². The van der Waals surface area contributed by atoms with Crippen molar-refractivity contribution in [1.82, 2.24) is 0 Å². The summed E-state index contributed by atoms with van der Waals surface area (Å²) in [6, 6.07) is -0.966. The Morgan fingerprint density at radius 3 is 2.20 bits per heavy atom. The molecule has 4 N–H and O–H groups in total. The minimum Gasteiger partial charge on any atom is -0.480 e. The van der Waals surface area contributed by atoms with Crippen molar-refractivity contribution in [3.05, 3.63) is 0 Å². The summed E-state index contributed by atoms with van der Waals surface area (Å²) >= 11 is 0. The van der Waals surface area contributed by atoms with Crippen molar-refractivity contribution >= 4 is 5.97 Å². The fourth-order valence-electron chi connectivity index (χ4n) is 1.14. The average Bonchev–Trinajstić information content (AvgIpc) is 2.26. The standard InChI is InChI=1S/C9H19NO3.C2H6/c1-3-4-5-7(11)6(2)8(10)9(12)13;1-2/h6-8,11H,3-5,10H2,1-2H3,(H,12,13);1-2H3/t6?,7-,8+;/m1./s1. The third kappa shape index (κ3) is 7.33. The van der Waals surface area contributed by atoms with E-state index in [0.717, 1.165) is 12.8 Å². The van der Waals surface area contributed by atoms with Gasteiger partial charge < -0.3 is 15.9 Å². The third-order valence-corrected chi connectivity index (χ3v) is 2.31. The van der Waals surface area contributed by atoms with Crippen molar-refractivity contribution in [2.24, 2.45) is 11.7 Å². The van der Waals surface area contributed by atoms with Crippen LogP contribution in [0.15, 0.2) is 0 Å². The van der Waals surface area contributed by atoms with Crippen molar-refractivity contribution in [2.45, 2.75) is 59.1 Å². The SMILES string of the molecule is CC.CCCC[C@@H](O)C(C)[C@H](N)C(=O)O. The van der Waals surface area contributed by atoms with Gasteiger partial charge in [0.15, 0.2) is 0 Å². The molecule has 0 aromatic carbocycles. The second-order valence-electron chi connectivity index (χ2n) is 3.43. The zero-order valence-electron chi connectivity index (χ0n) is 10.2. The van der Waals surface area contributed by atoms with Gasteiger partial charge in [0.1, 0.15) is 6.04 Å². The Kier molecular flexibility index (Phi) is 11.1. The highest BCUT2D eigenvalue weighted by Crippen LogP contribution is 2.13. The highest BCUT2D eigenvalue weighted by molar-refractivity contribution is 5.73. The lowest BCUT2D eigenvalue weighted by Crippen LogP contribution is -2.42. The van der Waals surface area contributed by atoms with E-state index in [1.165, 1.54) is 0 Å². The normalized spacial score (nSPS) is 15.9. The first-order chi connectivity index (χ1) is 7.00. The number of unbranched alkanes of at least 4 members (excludes halogenated alkanes) is 1. The van der Waals surface area contributed by atoms with Crippen LogP contribution < -0.4 is 5.73 Å². The van der Waals surface area contributed by atoms with Crippen LogP contribution in [-0.2, 0) is 4.79 Å². The number of hydrogen-bond acceptors (Lipinski definition) is 3. The molecule has 0 rings (SSSR count). The second kappa shape index (κ2) is 9.93. The van der Waals surface area contributed by atoms with Crippen molar-refractivity contribution in [1.29, 1.82) is 0 Å². The molecule has 4 heteroatoms. The highest BCUT2D eigenvalue weighted by Gasteiger charge is 2.25. The number of hydrogen-bond donors (Lipinski definition) is 3. The van der Waals surface area contributed by atoms with Gasteiger partial charge in [0, 0.05) is 5.92 Å². The van der Waals surface area contributed by atoms with Crippen LogP contribution in [0.5, 0.6) is 0 Å². The van der Waals surface area contributed by atoms with E-state index in [0.29, 0.717) is 6.42 Å². The monoisotopic (exact) mass is 219 g/mol. The summed E-state index contributed by atoms with van der Waals surface area (Å²) in [5.41, 5.74) is 5.37. The summed E-state index contributed by atoms with van der Waals surface area (Å²) in [6.07, 6.45) is 1.91. The molecule has 15 heavy (non-hydrogen) atoms. The molecule has 0 aromatic heterocycles. The predicted molar refractivity (Wildman–Crippen MR) is 61.7 cm³/mol. The molecule has 0 heterocycles.